The Morgan fingerprint density at radius 3 is 2.50 bits per heavy atom. The quantitative estimate of drug-likeness (QED) is 0.822. The van der Waals surface area contributed by atoms with Crippen LogP contribution in [-0.4, -0.2) is 6.54 Å². The van der Waals surface area contributed by atoms with Gasteiger partial charge in [0.15, 0.2) is 0 Å². The van der Waals surface area contributed by atoms with Gasteiger partial charge in [-0.05, 0) is 36.6 Å². The molecule has 0 aliphatic rings. The van der Waals surface area contributed by atoms with Crippen LogP contribution in [0.4, 0.5) is 4.39 Å². The Bertz CT molecular complexity index is 312. The summed E-state index contributed by atoms with van der Waals surface area (Å²) in [6.45, 7) is 4.04. The van der Waals surface area contributed by atoms with Crippen molar-refractivity contribution in [3.8, 4) is 0 Å². The highest BCUT2D eigenvalue weighted by Crippen LogP contribution is 2.28. The lowest BCUT2D eigenvalue weighted by Crippen LogP contribution is -2.09. The van der Waals surface area contributed by atoms with Crippen LogP contribution in [0.3, 0.4) is 0 Å². The molecule has 0 bridgehead atoms. The van der Waals surface area contributed by atoms with E-state index in [4.69, 9.17) is 17.3 Å². The number of rotatable bonds is 3. The third-order valence-corrected chi connectivity index (χ3v) is 2.70. The van der Waals surface area contributed by atoms with E-state index in [0.717, 1.165) is 5.56 Å². The van der Waals surface area contributed by atoms with Crippen molar-refractivity contribution >= 4 is 11.6 Å². The van der Waals surface area contributed by atoms with Crippen molar-refractivity contribution in [2.24, 2.45) is 5.73 Å². The first-order valence-corrected chi connectivity index (χ1v) is 5.07. The Hall–Kier alpha value is -0.600. The summed E-state index contributed by atoms with van der Waals surface area (Å²) in [7, 11) is 0. The third-order valence-electron chi connectivity index (χ3n) is 2.37. The van der Waals surface area contributed by atoms with Gasteiger partial charge in [-0.3, -0.25) is 0 Å². The second-order valence-corrected chi connectivity index (χ2v) is 3.94. The summed E-state index contributed by atoms with van der Waals surface area (Å²) < 4.78 is 12.9. The highest BCUT2D eigenvalue weighted by molar-refractivity contribution is 6.31. The molecule has 2 N–H and O–H groups in total. The Kier molecular flexibility index (Phi) is 3.90. The number of alkyl halides is 1. The van der Waals surface area contributed by atoms with Crippen LogP contribution in [0.5, 0.6) is 0 Å². The molecule has 0 heterocycles. The lowest BCUT2D eigenvalue weighted by molar-refractivity contribution is 0.374. The van der Waals surface area contributed by atoms with Crippen molar-refractivity contribution in [3.05, 3.63) is 34.3 Å². The number of benzene rings is 1. The van der Waals surface area contributed by atoms with Crippen molar-refractivity contribution in [3.63, 3.8) is 0 Å². The van der Waals surface area contributed by atoms with E-state index in [1.807, 2.05) is 13.0 Å². The van der Waals surface area contributed by atoms with Gasteiger partial charge in [-0.15, -0.1) is 0 Å². The number of hydrogen-bond donors (Lipinski definition) is 1. The van der Waals surface area contributed by atoms with E-state index in [1.165, 1.54) is 6.92 Å². The van der Waals surface area contributed by atoms with Gasteiger partial charge >= 0.3 is 0 Å². The van der Waals surface area contributed by atoms with Crippen LogP contribution in [0.2, 0.25) is 5.02 Å². The zero-order chi connectivity index (χ0) is 10.7. The van der Waals surface area contributed by atoms with Gasteiger partial charge in [0.2, 0.25) is 0 Å². The molecule has 0 fully saturated rings. The molecule has 0 radical (unpaired) electrons. The lowest BCUT2D eigenvalue weighted by Gasteiger charge is -2.12. The zero-order valence-electron chi connectivity index (χ0n) is 8.43. The Labute approximate surface area is 89.1 Å². The Morgan fingerprint density at radius 1 is 1.43 bits per heavy atom. The Balaban J connectivity index is 3.01. The van der Waals surface area contributed by atoms with Gasteiger partial charge in [-0.2, -0.15) is 0 Å². The molecular formula is C11H15ClFN. The van der Waals surface area contributed by atoms with Gasteiger partial charge in [0, 0.05) is 5.02 Å². The average Bonchev–Trinajstić information content (AvgIpc) is 2.16. The van der Waals surface area contributed by atoms with Gasteiger partial charge < -0.3 is 5.73 Å². The molecule has 0 spiro atoms. The molecule has 0 saturated heterocycles. The monoisotopic (exact) mass is 215 g/mol. The van der Waals surface area contributed by atoms with E-state index < -0.39 is 6.17 Å². The van der Waals surface area contributed by atoms with Crippen LogP contribution >= 0.6 is 11.6 Å². The van der Waals surface area contributed by atoms with Crippen molar-refractivity contribution in [1.29, 1.82) is 0 Å². The fraction of sp³-hybridized carbons (Fsp3) is 0.455. The minimum Gasteiger partial charge on any atom is -0.330 e. The summed E-state index contributed by atoms with van der Waals surface area (Å²) in [6, 6.07) is 5.29. The largest absolute Gasteiger partial charge is 0.330 e. The van der Waals surface area contributed by atoms with Crippen LogP contribution in [0.15, 0.2) is 18.2 Å². The molecule has 1 rings (SSSR count). The fourth-order valence-corrected chi connectivity index (χ4v) is 1.69. The minimum absolute atomic E-state index is 0.214. The summed E-state index contributed by atoms with van der Waals surface area (Å²) >= 11 is 6.02. The van der Waals surface area contributed by atoms with Gasteiger partial charge in [-0.1, -0.05) is 30.7 Å². The summed E-state index contributed by atoms with van der Waals surface area (Å²) in [5.74, 6) is 0.214. The van der Waals surface area contributed by atoms with E-state index >= 15 is 0 Å². The van der Waals surface area contributed by atoms with Gasteiger partial charge in [-0.25, -0.2) is 4.39 Å². The summed E-state index contributed by atoms with van der Waals surface area (Å²) in [5, 5.41) is 0.602. The summed E-state index contributed by atoms with van der Waals surface area (Å²) in [5.41, 5.74) is 7.14. The first-order valence-electron chi connectivity index (χ1n) is 4.69. The molecule has 1 nitrogen and oxygen atoms in total. The molecule has 0 aliphatic heterocycles. The second kappa shape index (κ2) is 4.76. The van der Waals surface area contributed by atoms with E-state index in [2.05, 4.69) is 0 Å². The standard InChI is InChI=1S/C11H15ClFN/c1-7(6-14)10-4-3-9(8(2)13)5-11(10)12/h3-5,7-8H,6,14H2,1-2H3. The third kappa shape index (κ3) is 2.46. The molecule has 2 unspecified atom stereocenters. The van der Waals surface area contributed by atoms with E-state index in [0.29, 0.717) is 17.1 Å². The predicted octanol–water partition coefficient (Wildman–Crippen LogP) is 3.43. The van der Waals surface area contributed by atoms with Crippen molar-refractivity contribution in [1.82, 2.24) is 0 Å². The molecule has 0 saturated carbocycles. The fourth-order valence-electron chi connectivity index (χ4n) is 1.32. The van der Waals surface area contributed by atoms with E-state index in [1.54, 1.807) is 12.1 Å². The van der Waals surface area contributed by atoms with Crippen LogP contribution in [0.1, 0.15) is 37.1 Å². The maximum atomic E-state index is 12.9. The summed E-state index contributed by atoms with van der Waals surface area (Å²) in [4.78, 5) is 0. The smallest absolute Gasteiger partial charge is 0.122 e. The number of halogens is 2. The lowest BCUT2D eigenvalue weighted by atomic mass is 9.99. The molecule has 1 aromatic rings. The molecule has 0 aromatic heterocycles. The van der Waals surface area contributed by atoms with Crippen LogP contribution in [0, 0.1) is 0 Å². The maximum absolute atomic E-state index is 12.9. The van der Waals surface area contributed by atoms with Crippen LogP contribution < -0.4 is 5.73 Å². The molecule has 78 valence electrons. The maximum Gasteiger partial charge on any atom is 0.122 e. The first-order chi connectivity index (χ1) is 6.56. The zero-order valence-corrected chi connectivity index (χ0v) is 9.18. The van der Waals surface area contributed by atoms with Crippen molar-refractivity contribution < 1.29 is 4.39 Å². The summed E-state index contributed by atoms with van der Waals surface area (Å²) in [6.07, 6.45) is -0.977. The average molecular weight is 216 g/mol. The highest BCUT2D eigenvalue weighted by Gasteiger charge is 2.10. The second-order valence-electron chi connectivity index (χ2n) is 3.53. The highest BCUT2D eigenvalue weighted by atomic mass is 35.5. The molecule has 14 heavy (non-hydrogen) atoms. The van der Waals surface area contributed by atoms with Gasteiger partial charge in [0.1, 0.15) is 6.17 Å². The van der Waals surface area contributed by atoms with Gasteiger partial charge in [0.25, 0.3) is 0 Å². The van der Waals surface area contributed by atoms with Crippen LogP contribution in [-0.2, 0) is 0 Å². The molecule has 0 amide bonds. The molecular weight excluding hydrogens is 201 g/mol. The molecule has 0 aliphatic carbocycles. The minimum atomic E-state index is -0.977. The molecule has 2 atom stereocenters. The molecule has 3 heteroatoms. The number of hydrogen-bond acceptors (Lipinski definition) is 1. The first kappa shape index (κ1) is 11.5. The van der Waals surface area contributed by atoms with E-state index in [-0.39, 0.29) is 5.92 Å². The Morgan fingerprint density at radius 2 is 2.07 bits per heavy atom. The van der Waals surface area contributed by atoms with Gasteiger partial charge in [0.05, 0.1) is 0 Å². The normalized spacial score (nSPS) is 15.2. The van der Waals surface area contributed by atoms with Crippen molar-refractivity contribution in [2.75, 3.05) is 6.54 Å². The topological polar surface area (TPSA) is 26.0 Å². The molecule has 1 aromatic carbocycles. The number of nitrogens with two attached hydrogens (primary N) is 1. The van der Waals surface area contributed by atoms with E-state index in [9.17, 15) is 4.39 Å². The van der Waals surface area contributed by atoms with Crippen molar-refractivity contribution in [2.45, 2.75) is 25.9 Å². The SMILES string of the molecule is CC(F)c1ccc(C(C)CN)c(Cl)c1. The predicted molar refractivity (Wildman–Crippen MR) is 58.4 cm³/mol. The van der Waals surface area contributed by atoms with Crippen LogP contribution in [0.25, 0.3) is 0 Å².